The van der Waals surface area contributed by atoms with Crippen molar-refractivity contribution in [2.75, 3.05) is 7.11 Å². The highest BCUT2D eigenvalue weighted by molar-refractivity contribution is 5.98. The highest BCUT2D eigenvalue weighted by Gasteiger charge is 2.02. The van der Waals surface area contributed by atoms with E-state index >= 15 is 0 Å². The number of benzene rings is 3. The first-order valence-electron chi connectivity index (χ1n) is 7.74. The molecule has 0 atom stereocenters. The van der Waals surface area contributed by atoms with Crippen molar-refractivity contribution < 1.29 is 9.53 Å². The van der Waals surface area contributed by atoms with Gasteiger partial charge in [0.1, 0.15) is 0 Å². The summed E-state index contributed by atoms with van der Waals surface area (Å²) in [7, 11) is 1.44. The van der Waals surface area contributed by atoms with Crippen molar-refractivity contribution >= 4 is 27.5 Å². The Bertz CT molecular complexity index is 805. The third kappa shape index (κ3) is 3.28. The van der Waals surface area contributed by atoms with Crippen molar-refractivity contribution in [2.24, 2.45) is 0 Å². The molecule has 0 amide bonds. The standard InChI is InChI=1S/C20H20O2/c1-22-20(21)9-5-2-6-15-10-11-18-13-16-7-3-4-8-17(16)14-19(18)12-15/h3-4,7-8,10-14H,2,5-6,9H2,1H3. The fourth-order valence-corrected chi connectivity index (χ4v) is 2.85. The topological polar surface area (TPSA) is 26.3 Å². The third-order valence-electron chi connectivity index (χ3n) is 4.09. The van der Waals surface area contributed by atoms with E-state index in [1.54, 1.807) is 0 Å². The molecule has 0 aliphatic rings. The summed E-state index contributed by atoms with van der Waals surface area (Å²) in [4.78, 5) is 11.1. The van der Waals surface area contributed by atoms with Crippen molar-refractivity contribution in [3.8, 4) is 0 Å². The Labute approximate surface area is 130 Å². The lowest BCUT2D eigenvalue weighted by Crippen LogP contribution is -1.99. The molecule has 0 aliphatic heterocycles. The molecule has 0 saturated heterocycles. The molecule has 22 heavy (non-hydrogen) atoms. The summed E-state index contributed by atoms with van der Waals surface area (Å²) in [6, 6.07) is 19.6. The van der Waals surface area contributed by atoms with E-state index in [1.807, 2.05) is 0 Å². The molecule has 0 bridgehead atoms. The van der Waals surface area contributed by atoms with Crippen LogP contribution in [0.1, 0.15) is 24.8 Å². The van der Waals surface area contributed by atoms with Gasteiger partial charge in [-0.1, -0.05) is 42.5 Å². The van der Waals surface area contributed by atoms with Gasteiger partial charge in [-0.05, 0) is 58.5 Å². The van der Waals surface area contributed by atoms with E-state index in [0.29, 0.717) is 6.42 Å². The van der Waals surface area contributed by atoms with Gasteiger partial charge in [-0.3, -0.25) is 4.79 Å². The minimum atomic E-state index is -0.120. The van der Waals surface area contributed by atoms with Crippen LogP contribution in [0.4, 0.5) is 0 Å². The molecule has 3 rings (SSSR count). The molecule has 3 aromatic rings. The second-order valence-corrected chi connectivity index (χ2v) is 5.66. The number of esters is 1. The van der Waals surface area contributed by atoms with E-state index in [4.69, 9.17) is 0 Å². The largest absolute Gasteiger partial charge is 0.469 e. The summed E-state index contributed by atoms with van der Waals surface area (Å²) in [6.07, 6.45) is 3.39. The summed E-state index contributed by atoms with van der Waals surface area (Å²) in [6.45, 7) is 0. The maximum atomic E-state index is 11.1. The second-order valence-electron chi connectivity index (χ2n) is 5.66. The normalized spacial score (nSPS) is 11.0. The van der Waals surface area contributed by atoms with E-state index in [9.17, 15) is 4.79 Å². The van der Waals surface area contributed by atoms with Crippen LogP contribution < -0.4 is 0 Å². The summed E-state index contributed by atoms with van der Waals surface area (Å²) in [5, 5.41) is 5.11. The van der Waals surface area contributed by atoms with Gasteiger partial charge >= 0.3 is 5.97 Å². The number of ether oxygens (including phenoxy) is 1. The highest BCUT2D eigenvalue weighted by Crippen LogP contribution is 2.24. The fourth-order valence-electron chi connectivity index (χ4n) is 2.85. The van der Waals surface area contributed by atoms with Crippen molar-refractivity contribution in [3.05, 3.63) is 60.2 Å². The molecule has 112 valence electrons. The molecular weight excluding hydrogens is 272 g/mol. The lowest BCUT2D eigenvalue weighted by atomic mass is 9.99. The molecular formula is C20H20O2. The van der Waals surface area contributed by atoms with Gasteiger partial charge < -0.3 is 4.74 Å². The number of aryl methyl sites for hydroxylation is 1. The monoisotopic (exact) mass is 292 g/mol. The van der Waals surface area contributed by atoms with E-state index in [2.05, 4.69) is 59.3 Å². The van der Waals surface area contributed by atoms with Crippen molar-refractivity contribution in [2.45, 2.75) is 25.7 Å². The number of carbonyl (C=O) groups is 1. The zero-order chi connectivity index (χ0) is 15.4. The number of fused-ring (bicyclic) bond motifs is 2. The smallest absolute Gasteiger partial charge is 0.305 e. The fraction of sp³-hybridized carbons (Fsp3) is 0.250. The van der Waals surface area contributed by atoms with Crippen molar-refractivity contribution in [1.29, 1.82) is 0 Å². The quantitative estimate of drug-likeness (QED) is 0.380. The summed E-state index contributed by atoms with van der Waals surface area (Å²) in [5.74, 6) is -0.120. The second kappa shape index (κ2) is 6.61. The minimum Gasteiger partial charge on any atom is -0.469 e. The van der Waals surface area contributed by atoms with Crippen molar-refractivity contribution in [3.63, 3.8) is 0 Å². The van der Waals surface area contributed by atoms with Gasteiger partial charge in [0.05, 0.1) is 7.11 Å². The molecule has 0 unspecified atom stereocenters. The van der Waals surface area contributed by atoms with Gasteiger partial charge in [-0.2, -0.15) is 0 Å². The maximum absolute atomic E-state index is 11.1. The Hall–Kier alpha value is -2.35. The van der Waals surface area contributed by atoms with Crippen LogP contribution in [0.5, 0.6) is 0 Å². The Morgan fingerprint density at radius 1 is 0.864 bits per heavy atom. The van der Waals surface area contributed by atoms with Crippen LogP contribution in [0.25, 0.3) is 21.5 Å². The van der Waals surface area contributed by atoms with Gasteiger partial charge in [0.25, 0.3) is 0 Å². The number of unbranched alkanes of at least 4 members (excludes halogenated alkanes) is 1. The first-order chi connectivity index (χ1) is 10.8. The predicted molar refractivity (Wildman–Crippen MR) is 91.0 cm³/mol. The molecule has 0 N–H and O–H groups in total. The SMILES string of the molecule is COC(=O)CCCCc1ccc2cc3ccccc3cc2c1. The van der Waals surface area contributed by atoms with Crippen LogP contribution in [0, 0.1) is 0 Å². The highest BCUT2D eigenvalue weighted by atomic mass is 16.5. The van der Waals surface area contributed by atoms with Crippen LogP contribution >= 0.6 is 0 Å². The Kier molecular flexibility index (Phi) is 4.38. The van der Waals surface area contributed by atoms with Gasteiger partial charge in [0.15, 0.2) is 0 Å². The zero-order valence-electron chi connectivity index (χ0n) is 12.8. The zero-order valence-corrected chi connectivity index (χ0v) is 12.8. The van der Waals surface area contributed by atoms with Crippen LogP contribution in [0.3, 0.4) is 0 Å². The molecule has 3 aromatic carbocycles. The molecule has 2 nitrogen and oxygen atoms in total. The van der Waals surface area contributed by atoms with E-state index in [1.165, 1.54) is 34.2 Å². The average molecular weight is 292 g/mol. The van der Waals surface area contributed by atoms with Gasteiger partial charge in [-0.25, -0.2) is 0 Å². The number of rotatable bonds is 5. The lowest BCUT2D eigenvalue weighted by Gasteiger charge is -2.06. The maximum Gasteiger partial charge on any atom is 0.305 e. The Morgan fingerprint density at radius 3 is 2.27 bits per heavy atom. The summed E-state index contributed by atoms with van der Waals surface area (Å²) >= 11 is 0. The molecule has 0 saturated carbocycles. The molecule has 2 heteroatoms. The van der Waals surface area contributed by atoms with Crippen LogP contribution in [0.15, 0.2) is 54.6 Å². The van der Waals surface area contributed by atoms with Crippen LogP contribution in [-0.2, 0) is 16.0 Å². The predicted octanol–water partition coefficient (Wildman–Crippen LogP) is 4.88. The van der Waals surface area contributed by atoms with Gasteiger partial charge in [0, 0.05) is 6.42 Å². The van der Waals surface area contributed by atoms with Crippen LogP contribution in [0.2, 0.25) is 0 Å². The number of carbonyl (C=O) groups excluding carboxylic acids is 1. The number of hydrogen-bond donors (Lipinski definition) is 0. The summed E-state index contributed by atoms with van der Waals surface area (Å²) in [5.41, 5.74) is 1.33. The number of hydrogen-bond acceptors (Lipinski definition) is 2. The third-order valence-corrected chi connectivity index (χ3v) is 4.09. The first kappa shape index (κ1) is 14.6. The molecule has 0 spiro atoms. The van der Waals surface area contributed by atoms with E-state index in [-0.39, 0.29) is 5.97 Å². The number of methoxy groups -OCH3 is 1. The van der Waals surface area contributed by atoms with Gasteiger partial charge in [0.2, 0.25) is 0 Å². The molecule has 0 fully saturated rings. The van der Waals surface area contributed by atoms with Crippen LogP contribution in [-0.4, -0.2) is 13.1 Å². The molecule has 0 radical (unpaired) electrons. The Balaban J connectivity index is 1.74. The average Bonchev–Trinajstić information content (AvgIpc) is 2.56. The van der Waals surface area contributed by atoms with E-state index < -0.39 is 0 Å². The molecule has 0 heterocycles. The Morgan fingerprint density at radius 2 is 1.55 bits per heavy atom. The van der Waals surface area contributed by atoms with Crippen molar-refractivity contribution in [1.82, 2.24) is 0 Å². The minimum absolute atomic E-state index is 0.120. The first-order valence-corrected chi connectivity index (χ1v) is 7.74. The van der Waals surface area contributed by atoms with E-state index in [0.717, 1.165) is 19.3 Å². The molecule has 0 aliphatic carbocycles. The lowest BCUT2D eigenvalue weighted by molar-refractivity contribution is -0.140. The van der Waals surface area contributed by atoms with Gasteiger partial charge in [-0.15, -0.1) is 0 Å². The summed E-state index contributed by atoms with van der Waals surface area (Å²) < 4.78 is 4.66. The molecule has 0 aromatic heterocycles.